The van der Waals surface area contributed by atoms with Crippen molar-refractivity contribution < 1.29 is 18.0 Å². The van der Waals surface area contributed by atoms with E-state index in [2.05, 4.69) is 15.6 Å². The van der Waals surface area contributed by atoms with Crippen molar-refractivity contribution in [2.75, 3.05) is 16.8 Å². The van der Waals surface area contributed by atoms with Gasteiger partial charge in [-0.05, 0) is 36.8 Å². The van der Waals surface area contributed by atoms with Gasteiger partial charge in [0, 0.05) is 28.5 Å². The van der Waals surface area contributed by atoms with Crippen molar-refractivity contribution in [2.45, 2.75) is 12.5 Å². The molecule has 1 atom stereocenters. The van der Waals surface area contributed by atoms with E-state index in [1.807, 2.05) is 0 Å². The zero-order valence-corrected chi connectivity index (χ0v) is 15.2. The minimum Gasteiger partial charge on any atom is -0.347 e. The summed E-state index contributed by atoms with van der Waals surface area (Å²) in [5.74, 6) is -0.933. The average Bonchev–Trinajstić information content (AvgIpc) is 2.93. The summed E-state index contributed by atoms with van der Waals surface area (Å²) in [6.07, 6.45) is 1.73. The molecule has 0 saturated carbocycles. The molecule has 2 N–H and O–H groups in total. The number of carbonyl (C=O) groups excluding carboxylic acids is 2. The number of halogens is 1. The summed E-state index contributed by atoms with van der Waals surface area (Å²) < 4.78 is 22.9. The number of pyridine rings is 1. The van der Waals surface area contributed by atoms with E-state index in [0.29, 0.717) is 17.1 Å². The Morgan fingerprint density at radius 1 is 1.15 bits per heavy atom. The third-order valence-corrected chi connectivity index (χ3v) is 5.91. The van der Waals surface area contributed by atoms with Gasteiger partial charge in [-0.25, -0.2) is 8.42 Å². The second kappa shape index (κ2) is 7.43. The molecule has 1 fully saturated rings. The lowest BCUT2D eigenvalue weighted by Crippen LogP contribution is -2.36. The van der Waals surface area contributed by atoms with E-state index in [4.69, 9.17) is 11.6 Å². The van der Waals surface area contributed by atoms with Crippen molar-refractivity contribution in [3.05, 3.63) is 58.9 Å². The quantitative estimate of drug-likeness (QED) is 0.825. The SMILES string of the molecule is O=C(Nc1cccc(Cl)c1)c1ccnc(C(=O)NC2CCS(=O)(=O)C2)c1. The van der Waals surface area contributed by atoms with Crippen molar-refractivity contribution in [2.24, 2.45) is 0 Å². The van der Waals surface area contributed by atoms with Crippen LogP contribution in [0.25, 0.3) is 0 Å². The topological polar surface area (TPSA) is 105 Å². The van der Waals surface area contributed by atoms with Gasteiger partial charge in [0.1, 0.15) is 5.69 Å². The maximum absolute atomic E-state index is 12.3. The van der Waals surface area contributed by atoms with Crippen molar-refractivity contribution >= 4 is 38.9 Å². The van der Waals surface area contributed by atoms with Crippen LogP contribution in [0.3, 0.4) is 0 Å². The van der Waals surface area contributed by atoms with Crippen molar-refractivity contribution in [3.8, 4) is 0 Å². The van der Waals surface area contributed by atoms with E-state index >= 15 is 0 Å². The molecule has 2 heterocycles. The van der Waals surface area contributed by atoms with E-state index < -0.39 is 27.7 Å². The maximum atomic E-state index is 12.3. The van der Waals surface area contributed by atoms with Crippen molar-refractivity contribution in [1.29, 1.82) is 0 Å². The van der Waals surface area contributed by atoms with Gasteiger partial charge >= 0.3 is 0 Å². The molecular formula is C17H16ClN3O4S. The maximum Gasteiger partial charge on any atom is 0.270 e. The first kappa shape index (κ1) is 18.3. The van der Waals surface area contributed by atoms with E-state index in [-0.39, 0.29) is 22.8 Å². The molecule has 1 aliphatic heterocycles. The standard InChI is InChI=1S/C17H16ClN3O4S/c18-12-2-1-3-13(9-12)20-16(22)11-4-6-19-15(8-11)17(23)21-14-5-7-26(24,25)10-14/h1-4,6,8-9,14H,5,7,10H2,(H,20,22)(H,21,23). The largest absolute Gasteiger partial charge is 0.347 e. The number of aromatic nitrogens is 1. The molecule has 7 nitrogen and oxygen atoms in total. The van der Waals surface area contributed by atoms with Gasteiger partial charge in [-0.1, -0.05) is 17.7 Å². The third-order valence-electron chi connectivity index (χ3n) is 3.90. The highest BCUT2D eigenvalue weighted by molar-refractivity contribution is 7.91. The second-order valence-electron chi connectivity index (χ2n) is 5.97. The normalized spacial score (nSPS) is 18.3. The molecule has 0 spiro atoms. The number of hydrogen-bond acceptors (Lipinski definition) is 5. The van der Waals surface area contributed by atoms with Gasteiger partial charge in [0.15, 0.2) is 9.84 Å². The Balaban J connectivity index is 1.69. The smallest absolute Gasteiger partial charge is 0.270 e. The number of benzene rings is 1. The Bertz CT molecular complexity index is 962. The molecule has 136 valence electrons. The number of anilines is 1. The lowest BCUT2D eigenvalue weighted by molar-refractivity contribution is 0.0936. The fourth-order valence-corrected chi connectivity index (χ4v) is 4.50. The first-order chi connectivity index (χ1) is 12.3. The molecule has 1 aliphatic rings. The molecule has 1 unspecified atom stereocenters. The van der Waals surface area contributed by atoms with Crippen LogP contribution in [-0.4, -0.2) is 42.8 Å². The van der Waals surface area contributed by atoms with Gasteiger partial charge in [0.05, 0.1) is 11.5 Å². The summed E-state index contributed by atoms with van der Waals surface area (Å²) >= 11 is 5.89. The molecule has 0 bridgehead atoms. The molecular weight excluding hydrogens is 378 g/mol. The first-order valence-electron chi connectivity index (χ1n) is 7.87. The minimum absolute atomic E-state index is 0.0491. The molecule has 1 saturated heterocycles. The zero-order valence-electron chi connectivity index (χ0n) is 13.6. The average molecular weight is 394 g/mol. The molecule has 26 heavy (non-hydrogen) atoms. The Morgan fingerprint density at radius 2 is 1.96 bits per heavy atom. The first-order valence-corrected chi connectivity index (χ1v) is 10.1. The van der Waals surface area contributed by atoms with Crippen molar-refractivity contribution in [3.63, 3.8) is 0 Å². The van der Waals surface area contributed by atoms with E-state index in [9.17, 15) is 18.0 Å². The summed E-state index contributed by atoms with van der Waals surface area (Å²) in [5.41, 5.74) is 0.832. The van der Waals surface area contributed by atoms with Crippen LogP contribution < -0.4 is 10.6 Å². The predicted molar refractivity (Wildman–Crippen MR) is 98.2 cm³/mol. The summed E-state index contributed by atoms with van der Waals surface area (Å²) in [4.78, 5) is 28.6. The molecule has 0 radical (unpaired) electrons. The van der Waals surface area contributed by atoms with Crippen LogP contribution in [0.4, 0.5) is 5.69 Å². The molecule has 2 amide bonds. The number of nitrogens with one attached hydrogen (secondary N) is 2. The second-order valence-corrected chi connectivity index (χ2v) is 8.63. The molecule has 2 aromatic rings. The van der Waals surface area contributed by atoms with Gasteiger partial charge < -0.3 is 10.6 Å². The van der Waals surface area contributed by atoms with E-state index in [0.717, 1.165) is 0 Å². The molecule has 1 aromatic carbocycles. The zero-order chi connectivity index (χ0) is 18.7. The third kappa shape index (κ3) is 4.59. The fraction of sp³-hybridized carbons (Fsp3) is 0.235. The number of amides is 2. The fourth-order valence-electron chi connectivity index (χ4n) is 2.63. The van der Waals surface area contributed by atoms with Crippen LogP contribution in [0.15, 0.2) is 42.6 Å². The number of rotatable bonds is 4. The number of nitrogens with zero attached hydrogens (tertiary/aromatic N) is 1. The summed E-state index contributed by atoms with van der Waals surface area (Å²) in [6, 6.07) is 9.11. The highest BCUT2D eigenvalue weighted by Crippen LogP contribution is 2.16. The van der Waals surface area contributed by atoms with Crippen LogP contribution in [0.1, 0.15) is 27.3 Å². The van der Waals surface area contributed by atoms with Crippen LogP contribution in [0.5, 0.6) is 0 Å². The number of carbonyl (C=O) groups is 2. The predicted octanol–water partition coefficient (Wildman–Crippen LogP) is 1.90. The lowest BCUT2D eigenvalue weighted by atomic mass is 10.2. The van der Waals surface area contributed by atoms with Crippen LogP contribution in [0, 0.1) is 0 Å². The molecule has 1 aromatic heterocycles. The van der Waals surface area contributed by atoms with Gasteiger partial charge in [0.2, 0.25) is 0 Å². The van der Waals surface area contributed by atoms with E-state index in [1.54, 1.807) is 24.3 Å². The number of sulfone groups is 1. The molecule has 3 rings (SSSR count). The van der Waals surface area contributed by atoms with Crippen LogP contribution >= 0.6 is 11.6 Å². The Hall–Kier alpha value is -2.45. The molecule has 0 aliphatic carbocycles. The van der Waals surface area contributed by atoms with Gasteiger partial charge in [-0.2, -0.15) is 0 Å². The molecule has 9 heteroatoms. The van der Waals surface area contributed by atoms with Gasteiger partial charge in [-0.15, -0.1) is 0 Å². The Kier molecular flexibility index (Phi) is 5.24. The van der Waals surface area contributed by atoms with Crippen LogP contribution in [0.2, 0.25) is 5.02 Å². The van der Waals surface area contributed by atoms with Crippen LogP contribution in [-0.2, 0) is 9.84 Å². The number of hydrogen-bond donors (Lipinski definition) is 2. The van der Waals surface area contributed by atoms with Crippen molar-refractivity contribution in [1.82, 2.24) is 10.3 Å². The Morgan fingerprint density at radius 3 is 2.65 bits per heavy atom. The summed E-state index contributed by atoms with van der Waals surface area (Å²) in [7, 11) is -3.09. The Labute approximate surface area is 155 Å². The minimum atomic E-state index is -3.09. The lowest BCUT2D eigenvalue weighted by Gasteiger charge is -2.11. The highest BCUT2D eigenvalue weighted by Gasteiger charge is 2.29. The van der Waals surface area contributed by atoms with Gasteiger partial charge in [0.25, 0.3) is 11.8 Å². The summed E-state index contributed by atoms with van der Waals surface area (Å²) in [6.45, 7) is 0. The highest BCUT2D eigenvalue weighted by atomic mass is 35.5. The van der Waals surface area contributed by atoms with E-state index in [1.165, 1.54) is 18.3 Å². The summed E-state index contributed by atoms with van der Waals surface area (Å²) in [5, 5.41) is 5.82. The monoisotopic (exact) mass is 393 g/mol. The van der Waals surface area contributed by atoms with Gasteiger partial charge in [-0.3, -0.25) is 14.6 Å².